The maximum absolute atomic E-state index is 12.8. The van der Waals surface area contributed by atoms with Gasteiger partial charge in [0.2, 0.25) is 10.0 Å². The number of hydrogen-bond acceptors (Lipinski definition) is 5. The first-order valence-corrected chi connectivity index (χ1v) is 8.34. The van der Waals surface area contributed by atoms with Crippen molar-refractivity contribution < 1.29 is 13.2 Å². The van der Waals surface area contributed by atoms with E-state index >= 15 is 0 Å². The van der Waals surface area contributed by atoms with Crippen LogP contribution < -0.4 is 5.32 Å². The number of nitrogens with zero attached hydrogens (tertiary/aromatic N) is 2. The predicted molar refractivity (Wildman–Crippen MR) is 75.1 cm³/mol. The third-order valence-electron chi connectivity index (χ3n) is 4.03. The predicted octanol–water partition coefficient (Wildman–Crippen LogP) is 1.07. The molecule has 1 aliphatic carbocycles. The number of pyridine rings is 1. The average Bonchev–Trinajstić information content (AvgIpc) is 2.95. The van der Waals surface area contributed by atoms with Crippen LogP contribution in [0.25, 0.3) is 0 Å². The molecule has 2 aliphatic rings. The lowest BCUT2D eigenvalue weighted by Gasteiger charge is -2.36. The second kappa shape index (κ2) is 5.31. The molecule has 1 saturated carbocycles. The van der Waals surface area contributed by atoms with Gasteiger partial charge in [0, 0.05) is 25.9 Å². The number of rotatable bonds is 3. The fourth-order valence-corrected chi connectivity index (χ4v) is 4.71. The zero-order chi connectivity index (χ0) is 14.2. The molecule has 2 fully saturated rings. The molecule has 1 N–H and O–H groups in total. The molecule has 6 nitrogen and oxygen atoms in total. The van der Waals surface area contributed by atoms with Crippen molar-refractivity contribution in [1.29, 1.82) is 0 Å². The molecule has 2 atom stereocenters. The molecule has 2 unspecified atom stereocenters. The van der Waals surface area contributed by atoms with E-state index < -0.39 is 10.0 Å². The Labute approximate surface area is 119 Å². The Kier molecular flexibility index (Phi) is 3.66. The van der Waals surface area contributed by atoms with Gasteiger partial charge in [-0.05, 0) is 25.3 Å². The normalized spacial score (nSPS) is 27.2. The first-order valence-electron chi connectivity index (χ1n) is 6.90. The van der Waals surface area contributed by atoms with Gasteiger partial charge < -0.3 is 10.1 Å². The summed E-state index contributed by atoms with van der Waals surface area (Å²) in [5, 5.41) is 2.87. The number of anilines is 1. The molecule has 2 heterocycles. The minimum Gasteiger partial charge on any atom is -0.375 e. The molecule has 1 saturated heterocycles. The number of ether oxygens (including phenoxy) is 1. The molecule has 3 rings (SSSR count). The second-order valence-electron chi connectivity index (χ2n) is 5.15. The summed E-state index contributed by atoms with van der Waals surface area (Å²) in [4.78, 5) is 4.36. The van der Waals surface area contributed by atoms with Gasteiger partial charge in [0.15, 0.2) is 0 Å². The largest absolute Gasteiger partial charge is 0.375 e. The summed E-state index contributed by atoms with van der Waals surface area (Å²) < 4.78 is 32.9. The third kappa shape index (κ3) is 2.30. The van der Waals surface area contributed by atoms with Crippen molar-refractivity contribution in [3.05, 3.63) is 18.3 Å². The van der Waals surface area contributed by atoms with Crippen LogP contribution in [0.4, 0.5) is 5.82 Å². The Hall–Kier alpha value is -1.18. The van der Waals surface area contributed by atoms with Crippen LogP contribution in [-0.2, 0) is 14.8 Å². The Morgan fingerprint density at radius 3 is 3.10 bits per heavy atom. The van der Waals surface area contributed by atoms with Gasteiger partial charge in [-0.15, -0.1) is 0 Å². The van der Waals surface area contributed by atoms with Crippen molar-refractivity contribution >= 4 is 15.8 Å². The monoisotopic (exact) mass is 297 g/mol. The fraction of sp³-hybridized carbons (Fsp3) is 0.615. The van der Waals surface area contributed by atoms with Crippen LogP contribution in [0.5, 0.6) is 0 Å². The molecule has 1 aliphatic heterocycles. The summed E-state index contributed by atoms with van der Waals surface area (Å²) >= 11 is 0. The number of nitrogens with one attached hydrogen (secondary N) is 1. The number of aromatic nitrogens is 1. The summed E-state index contributed by atoms with van der Waals surface area (Å²) in [6.45, 7) is 0.908. The van der Waals surface area contributed by atoms with Crippen LogP contribution in [0, 0.1) is 0 Å². The van der Waals surface area contributed by atoms with Gasteiger partial charge in [0.25, 0.3) is 0 Å². The number of fused-ring (bicyclic) bond motifs is 1. The van der Waals surface area contributed by atoms with Crippen molar-refractivity contribution in [2.45, 2.75) is 36.3 Å². The molecule has 1 aromatic rings. The van der Waals surface area contributed by atoms with Crippen LogP contribution in [0.3, 0.4) is 0 Å². The van der Waals surface area contributed by atoms with Gasteiger partial charge >= 0.3 is 0 Å². The molecule has 0 amide bonds. The summed E-state index contributed by atoms with van der Waals surface area (Å²) in [5.41, 5.74) is 0. The topological polar surface area (TPSA) is 71.5 Å². The maximum Gasteiger partial charge on any atom is 0.243 e. The van der Waals surface area contributed by atoms with Gasteiger partial charge in [-0.1, -0.05) is 0 Å². The molecule has 0 radical (unpaired) electrons. The average molecular weight is 297 g/mol. The Morgan fingerprint density at radius 1 is 1.45 bits per heavy atom. The first kappa shape index (κ1) is 13.8. The molecule has 0 spiro atoms. The highest BCUT2D eigenvalue weighted by Crippen LogP contribution is 2.33. The molecule has 20 heavy (non-hydrogen) atoms. The zero-order valence-electron chi connectivity index (χ0n) is 11.4. The maximum atomic E-state index is 12.8. The Bertz CT molecular complexity index is 590. The lowest BCUT2D eigenvalue weighted by Crippen LogP contribution is -2.51. The standard InChI is InChI=1S/C13H19N3O3S/c1-14-13-9-10(5-6-15-13)20(17,18)16-7-8-19-12-4-2-3-11(12)16/h5-6,9,11-12H,2-4,7-8H2,1H3,(H,14,15). The van der Waals surface area contributed by atoms with E-state index in [4.69, 9.17) is 4.74 Å². The molecule has 0 aromatic carbocycles. The van der Waals surface area contributed by atoms with Gasteiger partial charge in [0.1, 0.15) is 5.82 Å². The van der Waals surface area contributed by atoms with Crippen LogP contribution >= 0.6 is 0 Å². The SMILES string of the molecule is CNc1cc(S(=O)(=O)N2CCOC3CCCC32)ccn1. The Balaban J connectivity index is 1.94. The summed E-state index contributed by atoms with van der Waals surface area (Å²) in [6, 6.07) is 3.12. The Morgan fingerprint density at radius 2 is 2.30 bits per heavy atom. The lowest BCUT2D eigenvalue weighted by atomic mass is 10.2. The van der Waals surface area contributed by atoms with Gasteiger partial charge in [-0.25, -0.2) is 13.4 Å². The van der Waals surface area contributed by atoms with Crippen LogP contribution in [0.2, 0.25) is 0 Å². The number of hydrogen-bond donors (Lipinski definition) is 1. The first-order chi connectivity index (χ1) is 9.63. The quantitative estimate of drug-likeness (QED) is 0.903. The second-order valence-corrected chi connectivity index (χ2v) is 7.04. The van der Waals surface area contributed by atoms with E-state index in [-0.39, 0.29) is 12.1 Å². The molecule has 1 aromatic heterocycles. The van der Waals surface area contributed by atoms with E-state index in [9.17, 15) is 8.42 Å². The van der Waals surface area contributed by atoms with Gasteiger partial charge in [0.05, 0.1) is 23.6 Å². The van der Waals surface area contributed by atoms with Crippen LogP contribution in [0.15, 0.2) is 23.2 Å². The fourth-order valence-electron chi connectivity index (χ4n) is 3.03. The third-order valence-corrected chi connectivity index (χ3v) is 5.95. The number of morpholine rings is 1. The highest BCUT2D eigenvalue weighted by molar-refractivity contribution is 7.89. The van der Waals surface area contributed by atoms with E-state index in [2.05, 4.69) is 10.3 Å². The highest BCUT2D eigenvalue weighted by atomic mass is 32.2. The van der Waals surface area contributed by atoms with Crippen molar-refractivity contribution in [2.75, 3.05) is 25.5 Å². The van der Waals surface area contributed by atoms with E-state index in [1.54, 1.807) is 23.5 Å². The van der Waals surface area contributed by atoms with Crippen LogP contribution in [-0.4, -0.2) is 50.1 Å². The number of sulfonamides is 1. The minimum atomic E-state index is -3.48. The van der Waals surface area contributed by atoms with Crippen molar-refractivity contribution in [3.63, 3.8) is 0 Å². The molecular weight excluding hydrogens is 278 g/mol. The zero-order valence-corrected chi connectivity index (χ0v) is 12.3. The summed E-state index contributed by atoms with van der Waals surface area (Å²) in [7, 11) is -1.75. The molecule has 110 valence electrons. The van der Waals surface area contributed by atoms with E-state index in [1.807, 2.05) is 0 Å². The molecular formula is C13H19N3O3S. The van der Waals surface area contributed by atoms with Crippen molar-refractivity contribution in [1.82, 2.24) is 9.29 Å². The smallest absolute Gasteiger partial charge is 0.243 e. The summed E-state index contributed by atoms with van der Waals surface area (Å²) in [5.74, 6) is 0.558. The van der Waals surface area contributed by atoms with Gasteiger partial charge in [-0.2, -0.15) is 4.31 Å². The van der Waals surface area contributed by atoms with E-state index in [0.717, 1.165) is 19.3 Å². The summed E-state index contributed by atoms with van der Waals surface area (Å²) in [6.07, 6.45) is 4.44. The highest BCUT2D eigenvalue weighted by Gasteiger charge is 2.42. The van der Waals surface area contributed by atoms with Crippen molar-refractivity contribution in [3.8, 4) is 0 Å². The van der Waals surface area contributed by atoms with E-state index in [1.165, 1.54) is 6.20 Å². The molecule has 0 bridgehead atoms. The minimum absolute atomic E-state index is 0.0139. The van der Waals surface area contributed by atoms with E-state index in [0.29, 0.717) is 23.9 Å². The van der Waals surface area contributed by atoms with Gasteiger partial charge in [-0.3, -0.25) is 0 Å². The lowest BCUT2D eigenvalue weighted by molar-refractivity contribution is -0.0241. The van der Waals surface area contributed by atoms with Crippen LogP contribution in [0.1, 0.15) is 19.3 Å². The molecule has 7 heteroatoms. The van der Waals surface area contributed by atoms with Crippen molar-refractivity contribution in [2.24, 2.45) is 0 Å².